The van der Waals surface area contributed by atoms with Gasteiger partial charge in [-0.1, -0.05) is 12.1 Å². The normalized spacial score (nSPS) is 20.6. The van der Waals surface area contributed by atoms with E-state index in [1.165, 1.54) is 0 Å². The van der Waals surface area contributed by atoms with Crippen molar-refractivity contribution < 1.29 is 9.53 Å². The van der Waals surface area contributed by atoms with Crippen molar-refractivity contribution in [2.75, 3.05) is 20.2 Å². The molecule has 1 fully saturated rings. The minimum Gasteiger partial charge on any atom is -0.497 e. The highest BCUT2D eigenvalue weighted by atomic mass is 16.5. The zero-order valence-electron chi connectivity index (χ0n) is 11.6. The molecule has 1 aromatic carbocycles. The first-order chi connectivity index (χ1) is 9.20. The molecule has 1 aromatic rings. The number of nitrogens with one attached hydrogen (secondary N) is 2. The molecule has 1 saturated heterocycles. The number of amides is 1. The van der Waals surface area contributed by atoms with E-state index in [2.05, 4.69) is 10.6 Å². The SMILES string of the molecule is COc1cccc([C@@H](C)NC(=O)[C@@H]2CCCNC2)c1. The fraction of sp³-hybridized carbons (Fsp3) is 0.533. The monoisotopic (exact) mass is 262 g/mol. The van der Waals surface area contributed by atoms with E-state index in [9.17, 15) is 4.79 Å². The average Bonchev–Trinajstić information content (AvgIpc) is 2.48. The van der Waals surface area contributed by atoms with Gasteiger partial charge in [0.05, 0.1) is 19.1 Å². The van der Waals surface area contributed by atoms with Crippen LogP contribution in [0.4, 0.5) is 0 Å². The summed E-state index contributed by atoms with van der Waals surface area (Å²) in [7, 11) is 1.65. The van der Waals surface area contributed by atoms with Gasteiger partial charge in [-0.15, -0.1) is 0 Å². The fourth-order valence-corrected chi connectivity index (χ4v) is 2.40. The highest BCUT2D eigenvalue weighted by Crippen LogP contribution is 2.20. The van der Waals surface area contributed by atoms with E-state index in [1.54, 1.807) is 7.11 Å². The number of carbonyl (C=O) groups excluding carboxylic acids is 1. The quantitative estimate of drug-likeness (QED) is 0.871. The van der Waals surface area contributed by atoms with Gasteiger partial charge in [-0.25, -0.2) is 0 Å². The predicted octanol–water partition coefficient (Wildman–Crippen LogP) is 1.87. The Balaban J connectivity index is 1.95. The van der Waals surface area contributed by atoms with Crippen LogP contribution in [0.3, 0.4) is 0 Å². The van der Waals surface area contributed by atoms with Gasteiger partial charge in [0.25, 0.3) is 0 Å². The molecule has 104 valence electrons. The predicted molar refractivity (Wildman–Crippen MR) is 75.1 cm³/mol. The summed E-state index contributed by atoms with van der Waals surface area (Å²) in [6.07, 6.45) is 2.05. The van der Waals surface area contributed by atoms with E-state index in [0.29, 0.717) is 0 Å². The number of hydrogen-bond donors (Lipinski definition) is 2. The maximum absolute atomic E-state index is 12.2. The minimum absolute atomic E-state index is 0.00419. The molecule has 0 radical (unpaired) electrons. The molecule has 4 nitrogen and oxygen atoms in total. The van der Waals surface area contributed by atoms with Crippen molar-refractivity contribution in [1.82, 2.24) is 10.6 Å². The van der Waals surface area contributed by atoms with Crippen LogP contribution in [-0.4, -0.2) is 26.1 Å². The van der Waals surface area contributed by atoms with Crippen molar-refractivity contribution in [3.05, 3.63) is 29.8 Å². The molecule has 4 heteroatoms. The Labute approximate surface area is 114 Å². The molecular weight excluding hydrogens is 240 g/mol. The maximum Gasteiger partial charge on any atom is 0.224 e. The first kappa shape index (κ1) is 13.9. The van der Waals surface area contributed by atoms with Gasteiger partial charge in [0.15, 0.2) is 0 Å². The van der Waals surface area contributed by atoms with Crippen LogP contribution < -0.4 is 15.4 Å². The van der Waals surface area contributed by atoms with Crippen LogP contribution in [0, 0.1) is 5.92 Å². The third-order valence-corrected chi connectivity index (χ3v) is 3.62. The summed E-state index contributed by atoms with van der Waals surface area (Å²) >= 11 is 0. The molecule has 19 heavy (non-hydrogen) atoms. The number of piperidine rings is 1. The number of ether oxygens (including phenoxy) is 1. The first-order valence-electron chi connectivity index (χ1n) is 6.85. The minimum atomic E-state index is 0.00419. The Morgan fingerprint density at radius 3 is 3.05 bits per heavy atom. The number of methoxy groups -OCH3 is 1. The van der Waals surface area contributed by atoms with Crippen LogP contribution in [0.25, 0.3) is 0 Å². The number of benzene rings is 1. The molecule has 0 aromatic heterocycles. The van der Waals surface area contributed by atoms with E-state index >= 15 is 0 Å². The molecular formula is C15H22N2O2. The topological polar surface area (TPSA) is 50.4 Å². The number of hydrogen-bond acceptors (Lipinski definition) is 3. The molecule has 1 amide bonds. The number of rotatable bonds is 4. The van der Waals surface area contributed by atoms with Gasteiger partial charge in [-0.2, -0.15) is 0 Å². The van der Waals surface area contributed by atoms with E-state index < -0.39 is 0 Å². The molecule has 1 aliphatic heterocycles. The van der Waals surface area contributed by atoms with Crippen molar-refractivity contribution in [3.8, 4) is 5.75 Å². The summed E-state index contributed by atoms with van der Waals surface area (Å²) in [5.74, 6) is 1.06. The van der Waals surface area contributed by atoms with Crippen LogP contribution in [0.5, 0.6) is 5.75 Å². The van der Waals surface area contributed by atoms with Crippen LogP contribution in [0.1, 0.15) is 31.4 Å². The van der Waals surface area contributed by atoms with Crippen molar-refractivity contribution in [2.45, 2.75) is 25.8 Å². The zero-order chi connectivity index (χ0) is 13.7. The second-order valence-electron chi connectivity index (χ2n) is 5.05. The molecule has 0 bridgehead atoms. The molecule has 2 atom stereocenters. The molecule has 0 unspecified atom stereocenters. The summed E-state index contributed by atoms with van der Waals surface area (Å²) in [5, 5.41) is 6.35. The summed E-state index contributed by atoms with van der Waals surface area (Å²) < 4.78 is 5.20. The summed E-state index contributed by atoms with van der Waals surface area (Å²) in [4.78, 5) is 12.2. The second-order valence-corrected chi connectivity index (χ2v) is 5.05. The molecule has 1 aliphatic rings. The average molecular weight is 262 g/mol. The van der Waals surface area contributed by atoms with Gasteiger partial charge >= 0.3 is 0 Å². The summed E-state index contributed by atoms with van der Waals surface area (Å²) in [6, 6.07) is 7.82. The molecule has 0 aliphatic carbocycles. The largest absolute Gasteiger partial charge is 0.497 e. The van der Waals surface area contributed by atoms with Gasteiger partial charge in [-0.05, 0) is 44.0 Å². The maximum atomic E-state index is 12.2. The molecule has 0 spiro atoms. The lowest BCUT2D eigenvalue weighted by Crippen LogP contribution is -2.41. The van der Waals surface area contributed by atoms with E-state index in [1.807, 2.05) is 31.2 Å². The van der Waals surface area contributed by atoms with Gasteiger partial charge in [0.2, 0.25) is 5.91 Å². The molecule has 2 N–H and O–H groups in total. The van der Waals surface area contributed by atoms with Crippen molar-refractivity contribution in [1.29, 1.82) is 0 Å². The second kappa shape index (κ2) is 6.57. The van der Waals surface area contributed by atoms with Gasteiger partial charge in [0, 0.05) is 6.54 Å². The van der Waals surface area contributed by atoms with Crippen LogP contribution >= 0.6 is 0 Å². The lowest BCUT2D eigenvalue weighted by molar-refractivity contribution is -0.126. The van der Waals surface area contributed by atoms with E-state index in [-0.39, 0.29) is 17.9 Å². The Hall–Kier alpha value is -1.55. The standard InChI is InChI=1S/C15H22N2O2/c1-11(12-5-3-7-14(9-12)19-2)17-15(18)13-6-4-8-16-10-13/h3,5,7,9,11,13,16H,4,6,8,10H2,1-2H3,(H,17,18)/t11-,13-/m1/s1. The molecule has 2 rings (SSSR count). The van der Waals surface area contributed by atoms with E-state index in [4.69, 9.17) is 4.74 Å². The van der Waals surface area contributed by atoms with Crippen molar-refractivity contribution in [3.63, 3.8) is 0 Å². The van der Waals surface area contributed by atoms with Gasteiger partial charge < -0.3 is 15.4 Å². The first-order valence-corrected chi connectivity index (χ1v) is 6.85. The summed E-state index contributed by atoms with van der Waals surface area (Å²) in [6.45, 7) is 3.81. The van der Waals surface area contributed by atoms with Crippen LogP contribution in [-0.2, 0) is 4.79 Å². The number of carbonyl (C=O) groups is 1. The van der Waals surface area contributed by atoms with E-state index in [0.717, 1.165) is 37.2 Å². The Morgan fingerprint density at radius 1 is 1.53 bits per heavy atom. The van der Waals surface area contributed by atoms with Gasteiger partial charge in [-0.3, -0.25) is 4.79 Å². The Kier molecular flexibility index (Phi) is 4.80. The Bertz CT molecular complexity index is 428. The smallest absolute Gasteiger partial charge is 0.224 e. The zero-order valence-corrected chi connectivity index (χ0v) is 11.6. The van der Waals surface area contributed by atoms with Crippen LogP contribution in [0.2, 0.25) is 0 Å². The lowest BCUT2D eigenvalue weighted by Gasteiger charge is -2.24. The third-order valence-electron chi connectivity index (χ3n) is 3.62. The van der Waals surface area contributed by atoms with Crippen LogP contribution in [0.15, 0.2) is 24.3 Å². The summed E-state index contributed by atoms with van der Waals surface area (Å²) in [5.41, 5.74) is 1.07. The van der Waals surface area contributed by atoms with Crippen molar-refractivity contribution >= 4 is 5.91 Å². The highest BCUT2D eigenvalue weighted by Gasteiger charge is 2.22. The van der Waals surface area contributed by atoms with Crippen molar-refractivity contribution in [2.24, 2.45) is 5.92 Å². The fourth-order valence-electron chi connectivity index (χ4n) is 2.40. The van der Waals surface area contributed by atoms with Gasteiger partial charge in [0.1, 0.15) is 5.75 Å². The Morgan fingerprint density at radius 2 is 2.37 bits per heavy atom. The third kappa shape index (κ3) is 3.70. The molecule has 0 saturated carbocycles. The highest BCUT2D eigenvalue weighted by molar-refractivity contribution is 5.79. The lowest BCUT2D eigenvalue weighted by atomic mass is 9.98. The molecule has 1 heterocycles.